The Morgan fingerprint density at radius 3 is 2.91 bits per heavy atom. The van der Waals surface area contributed by atoms with Crippen LogP contribution in [0.2, 0.25) is 0 Å². The zero-order valence-electron chi connectivity index (χ0n) is 13.3. The molecule has 1 aromatic carbocycles. The summed E-state index contributed by atoms with van der Waals surface area (Å²) in [4.78, 5) is 25.5. The molecule has 5 heteroatoms. The highest BCUT2D eigenvalue weighted by Crippen LogP contribution is 2.35. The number of carbonyl (C=O) groups excluding carboxylic acids is 1. The number of Topliss-reactive ketones (excluding diaryl/α,β-unsaturated/α-hetero) is 1. The number of hydrogen-bond donors (Lipinski definition) is 0. The maximum absolute atomic E-state index is 11.6. The Morgan fingerprint density at radius 1 is 1.30 bits per heavy atom. The van der Waals surface area contributed by atoms with Crippen LogP contribution < -0.4 is 0 Å². The van der Waals surface area contributed by atoms with Gasteiger partial charge in [0.15, 0.2) is 5.78 Å². The molecule has 2 aromatic heterocycles. The summed E-state index contributed by atoms with van der Waals surface area (Å²) in [5, 5.41) is 0. The van der Waals surface area contributed by atoms with Gasteiger partial charge in [-0.15, -0.1) is 0 Å². The van der Waals surface area contributed by atoms with E-state index in [2.05, 4.69) is 9.97 Å². The number of fused-ring (bicyclic) bond motifs is 3. The van der Waals surface area contributed by atoms with Crippen molar-refractivity contribution in [2.45, 2.75) is 20.3 Å². The van der Waals surface area contributed by atoms with Gasteiger partial charge in [-0.25, -0.2) is 9.98 Å². The SMILES string of the molecule is CC(=O)c1cccc(C2=Nc3c(nc(C)c4ncn(C)c34)C2)c1. The maximum atomic E-state index is 11.6. The van der Waals surface area contributed by atoms with Crippen LogP contribution in [-0.2, 0) is 13.5 Å². The molecule has 0 N–H and O–H groups in total. The van der Waals surface area contributed by atoms with Crippen LogP contribution in [0.3, 0.4) is 0 Å². The number of hydrogen-bond acceptors (Lipinski definition) is 4. The summed E-state index contributed by atoms with van der Waals surface area (Å²) < 4.78 is 1.99. The first-order chi connectivity index (χ1) is 11.0. The van der Waals surface area contributed by atoms with Gasteiger partial charge < -0.3 is 4.57 Å². The monoisotopic (exact) mass is 304 g/mol. The van der Waals surface area contributed by atoms with Gasteiger partial charge in [0.2, 0.25) is 0 Å². The summed E-state index contributed by atoms with van der Waals surface area (Å²) in [5.41, 5.74) is 7.34. The molecule has 0 atom stereocenters. The molecule has 23 heavy (non-hydrogen) atoms. The largest absolute Gasteiger partial charge is 0.332 e. The number of carbonyl (C=O) groups is 1. The third-order valence-corrected chi connectivity index (χ3v) is 4.26. The minimum Gasteiger partial charge on any atom is -0.332 e. The molecule has 0 aliphatic carbocycles. The van der Waals surface area contributed by atoms with Crippen molar-refractivity contribution in [1.29, 1.82) is 0 Å². The molecule has 0 saturated carbocycles. The van der Waals surface area contributed by atoms with Crippen LogP contribution in [0.15, 0.2) is 35.6 Å². The van der Waals surface area contributed by atoms with Crippen molar-refractivity contribution in [2.75, 3.05) is 0 Å². The predicted molar refractivity (Wildman–Crippen MR) is 89.6 cm³/mol. The molecule has 114 valence electrons. The fraction of sp³-hybridized carbons (Fsp3) is 0.222. The van der Waals surface area contributed by atoms with Crippen molar-refractivity contribution in [1.82, 2.24) is 14.5 Å². The van der Waals surface area contributed by atoms with Crippen molar-refractivity contribution in [2.24, 2.45) is 12.0 Å². The minimum atomic E-state index is 0.0611. The predicted octanol–water partition coefficient (Wildman–Crippen LogP) is 3.16. The van der Waals surface area contributed by atoms with Gasteiger partial charge in [-0.1, -0.05) is 18.2 Å². The summed E-state index contributed by atoms with van der Waals surface area (Å²) in [6, 6.07) is 7.62. The zero-order valence-corrected chi connectivity index (χ0v) is 13.3. The lowest BCUT2D eigenvalue weighted by molar-refractivity contribution is 0.101. The van der Waals surface area contributed by atoms with E-state index < -0.39 is 0 Å². The Bertz CT molecular complexity index is 998. The number of ketones is 1. The molecule has 3 aromatic rings. The summed E-state index contributed by atoms with van der Waals surface area (Å²) in [6.45, 7) is 3.55. The smallest absolute Gasteiger partial charge is 0.159 e. The Balaban J connectivity index is 1.88. The Labute approximate surface area is 133 Å². The number of aryl methyl sites for hydroxylation is 2. The van der Waals surface area contributed by atoms with Gasteiger partial charge in [0.05, 0.1) is 28.9 Å². The number of nitrogens with zero attached hydrogens (tertiary/aromatic N) is 4. The second-order valence-electron chi connectivity index (χ2n) is 5.92. The van der Waals surface area contributed by atoms with E-state index >= 15 is 0 Å². The lowest BCUT2D eigenvalue weighted by Gasteiger charge is -2.03. The average Bonchev–Trinajstić information content (AvgIpc) is 3.11. The highest BCUT2D eigenvalue weighted by atomic mass is 16.1. The van der Waals surface area contributed by atoms with E-state index in [4.69, 9.17) is 4.99 Å². The molecule has 0 unspecified atom stereocenters. The number of benzene rings is 1. The van der Waals surface area contributed by atoms with Crippen LogP contribution in [0.4, 0.5) is 5.69 Å². The van der Waals surface area contributed by atoms with E-state index in [0.717, 1.165) is 39.4 Å². The first kappa shape index (κ1) is 13.8. The van der Waals surface area contributed by atoms with E-state index in [1.807, 2.05) is 42.8 Å². The Kier molecular flexibility index (Phi) is 2.91. The fourth-order valence-electron chi connectivity index (χ4n) is 3.08. The van der Waals surface area contributed by atoms with E-state index in [1.165, 1.54) is 0 Å². The minimum absolute atomic E-state index is 0.0611. The molecule has 3 heterocycles. The fourth-order valence-corrected chi connectivity index (χ4v) is 3.08. The number of aliphatic imine (C=N–C) groups is 1. The highest BCUT2D eigenvalue weighted by molar-refractivity contribution is 6.10. The van der Waals surface area contributed by atoms with Crippen LogP contribution in [-0.4, -0.2) is 26.0 Å². The van der Waals surface area contributed by atoms with Crippen LogP contribution in [0, 0.1) is 6.92 Å². The normalized spacial score (nSPS) is 13.3. The van der Waals surface area contributed by atoms with Crippen molar-refractivity contribution in [3.05, 3.63) is 53.1 Å². The zero-order chi connectivity index (χ0) is 16.1. The third kappa shape index (κ3) is 2.08. The van der Waals surface area contributed by atoms with E-state index in [1.54, 1.807) is 13.3 Å². The summed E-state index contributed by atoms with van der Waals surface area (Å²) in [7, 11) is 1.97. The van der Waals surface area contributed by atoms with Gasteiger partial charge in [-0.05, 0) is 25.5 Å². The molecule has 0 radical (unpaired) electrons. The quantitative estimate of drug-likeness (QED) is 0.683. The van der Waals surface area contributed by atoms with Crippen LogP contribution in [0.1, 0.15) is 34.2 Å². The molecular formula is C18H16N4O. The Hall–Kier alpha value is -2.82. The van der Waals surface area contributed by atoms with Gasteiger partial charge in [0.25, 0.3) is 0 Å². The van der Waals surface area contributed by atoms with Gasteiger partial charge in [-0.3, -0.25) is 9.78 Å². The number of rotatable bonds is 2. The van der Waals surface area contributed by atoms with Crippen molar-refractivity contribution in [3.8, 4) is 0 Å². The number of aromatic nitrogens is 3. The number of imidazole rings is 1. The molecule has 0 bridgehead atoms. The average molecular weight is 304 g/mol. The topological polar surface area (TPSA) is 60.1 Å². The lowest BCUT2D eigenvalue weighted by atomic mass is 10.0. The van der Waals surface area contributed by atoms with Gasteiger partial charge in [0.1, 0.15) is 11.2 Å². The van der Waals surface area contributed by atoms with E-state index in [-0.39, 0.29) is 5.78 Å². The second kappa shape index (κ2) is 4.84. The second-order valence-corrected chi connectivity index (χ2v) is 5.92. The molecule has 1 aliphatic heterocycles. The Morgan fingerprint density at radius 2 is 2.13 bits per heavy atom. The lowest BCUT2D eigenvalue weighted by Crippen LogP contribution is -2.03. The number of pyridine rings is 1. The van der Waals surface area contributed by atoms with Crippen molar-refractivity contribution < 1.29 is 4.79 Å². The van der Waals surface area contributed by atoms with Gasteiger partial charge in [-0.2, -0.15) is 0 Å². The standard InChI is InChI=1S/C18H16N4O/c1-10-16-18(22(3)9-19-16)17-15(20-10)8-14(21-17)13-6-4-5-12(7-13)11(2)23/h4-7,9H,8H2,1-3H3. The van der Waals surface area contributed by atoms with Crippen LogP contribution in [0.5, 0.6) is 0 Å². The molecule has 1 aliphatic rings. The van der Waals surface area contributed by atoms with Gasteiger partial charge >= 0.3 is 0 Å². The van der Waals surface area contributed by atoms with Crippen LogP contribution >= 0.6 is 0 Å². The summed E-state index contributed by atoms with van der Waals surface area (Å²) >= 11 is 0. The first-order valence-electron chi connectivity index (χ1n) is 7.54. The molecular weight excluding hydrogens is 288 g/mol. The molecule has 0 fully saturated rings. The molecule has 0 spiro atoms. The van der Waals surface area contributed by atoms with E-state index in [0.29, 0.717) is 12.0 Å². The summed E-state index contributed by atoms with van der Waals surface area (Å²) in [6.07, 6.45) is 2.47. The highest BCUT2D eigenvalue weighted by Gasteiger charge is 2.23. The van der Waals surface area contributed by atoms with Crippen LogP contribution in [0.25, 0.3) is 11.0 Å². The summed E-state index contributed by atoms with van der Waals surface area (Å²) in [5.74, 6) is 0.0611. The third-order valence-electron chi connectivity index (χ3n) is 4.26. The van der Waals surface area contributed by atoms with Crippen molar-refractivity contribution >= 4 is 28.2 Å². The molecule has 5 nitrogen and oxygen atoms in total. The molecule has 4 rings (SSSR count). The molecule has 0 amide bonds. The van der Waals surface area contributed by atoms with Crippen molar-refractivity contribution in [3.63, 3.8) is 0 Å². The first-order valence-corrected chi connectivity index (χ1v) is 7.54. The molecule has 0 saturated heterocycles. The van der Waals surface area contributed by atoms with E-state index in [9.17, 15) is 4.79 Å². The van der Waals surface area contributed by atoms with Gasteiger partial charge in [0, 0.05) is 19.0 Å². The maximum Gasteiger partial charge on any atom is 0.159 e.